The first kappa shape index (κ1) is 12.9. The highest BCUT2D eigenvalue weighted by molar-refractivity contribution is 5.94. The molecule has 0 unspecified atom stereocenters. The van der Waals surface area contributed by atoms with Gasteiger partial charge < -0.3 is 15.3 Å². The van der Waals surface area contributed by atoms with Crippen molar-refractivity contribution in [2.75, 3.05) is 20.1 Å². The van der Waals surface area contributed by atoms with Gasteiger partial charge in [-0.2, -0.15) is 0 Å². The van der Waals surface area contributed by atoms with E-state index < -0.39 is 29.7 Å². The van der Waals surface area contributed by atoms with Gasteiger partial charge >= 0.3 is 0 Å². The molecule has 2 atom stereocenters. The quantitative estimate of drug-likeness (QED) is 0.804. The Labute approximate surface area is 103 Å². The molecule has 4 nitrogen and oxygen atoms in total. The van der Waals surface area contributed by atoms with Gasteiger partial charge in [0.15, 0.2) is 11.6 Å². The zero-order valence-electron chi connectivity index (χ0n) is 9.86. The van der Waals surface area contributed by atoms with Crippen molar-refractivity contribution in [3.63, 3.8) is 0 Å². The molecule has 2 rings (SSSR count). The summed E-state index contributed by atoms with van der Waals surface area (Å²) in [4.78, 5) is 13.3. The van der Waals surface area contributed by atoms with Crippen molar-refractivity contribution in [1.82, 2.24) is 10.2 Å². The number of aliphatic hydroxyl groups is 1. The van der Waals surface area contributed by atoms with E-state index in [1.54, 1.807) is 0 Å². The summed E-state index contributed by atoms with van der Waals surface area (Å²) < 4.78 is 26.5. The Morgan fingerprint density at radius 1 is 1.44 bits per heavy atom. The molecular formula is C12H14F2N2O2. The summed E-state index contributed by atoms with van der Waals surface area (Å²) in [7, 11) is 1.47. The van der Waals surface area contributed by atoms with Gasteiger partial charge in [0, 0.05) is 20.1 Å². The van der Waals surface area contributed by atoms with Crippen LogP contribution < -0.4 is 5.32 Å². The number of hydrogen-bond acceptors (Lipinski definition) is 3. The fraction of sp³-hybridized carbons (Fsp3) is 0.417. The van der Waals surface area contributed by atoms with Gasteiger partial charge in [-0.05, 0) is 12.1 Å². The van der Waals surface area contributed by atoms with Crippen LogP contribution in [0, 0.1) is 11.6 Å². The van der Waals surface area contributed by atoms with Crippen molar-refractivity contribution >= 4 is 5.91 Å². The first-order chi connectivity index (χ1) is 8.52. The highest BCUT2D eigenvalue weighted by Crippen LogP contribution is 2.16. The highest BCUT2D eigenvalue weighted by atomic mass is 19.2. The number of likely N-dealkylation sites (N-methyl/N-ethyl adjacent to an activating group) is 1. The summed E-state index contributed by atoms with van der Waals surface area (Å²) in [6.45, 7) is 0.814. The Kier molecular flexibility index (Phi) is 3.58. The minimum Gasteiger partial charge on any atom is -0.390 e. The van der Waals surface area contributed by atoms with E-state index >= 15 is 0 Å². The van der Waals surface area contributed by atoms with Crippen LogP contribution in [0.1, 0.15) is 10.4 Å². The van der Waals surface area contributed by atoms with Gasteiger partial charge in [0.05, 0.1) is 17.7 Å². The molecule has 0 saturated carbocycles. The molecule has 18 heavy (non-hydrogen) atoms. The molecule has 0 aromatic heterocycles. The van der Waals surface area contributed by atoms with Crippen molar-refractivity contribution in [3.8, 4) is 0 Å². The number of nitrogens with zero attached hydrogens (tertiary/aromatic N) is 1. The Hall–Kier alpha value is -1.53. The Bertz CT molecular complexity index is 467. The molecule has 1 aromatic carbocycles. The summed E-state index contributed by atoms with van der Waals surface area (Å²) in [5, 5.41) is 12.6. The van der Waals surface area contributed by atoms with Crippen LogP contribution in [0.15, 0.2) is 18.2 Å². The molecule has 1 aromatic rings. The van der Waals surface area contributed by atoms with Gasteiger partial charge in [0.25, 0.3) is 5.91 Å². The van der Waals surface area contributed by atoms with E-state index in [1.165, 1.54) is 24.1 Å². The van der Waals surface area contributed by atoms with Gasteiger partial charge in [-0.25, -0.2) is 8.78 Å². The smallest absolute Gasteiger partial charge is 0.257 e. The number of carbonyl (C=O) groups is 1. The minimum absolute atomic E-state index is 0.323. The minimum atomic E-state index is -1.16. The Balaban J connectivity index is 2.23. The molecular weight excluding hydrogens is 242 g/mol. The molecule has 6 heteroatoms. The number of amides is 1. The molecule has 1 saturated heterocycles. The highest BCUT2D eigenvalue weighted by Gasteiger charge is 2.32. The van der Waals surface area contributed by atoms with Crippen LogP contribution in [0.4, 0.5) is 8.78 Å². The number of rotatable bonds is 2. The second-order valence-electron chi connectivity index (χ2n) is 4.31. The number of aliphatic hydroxyl groups excluding tert-OH is 1. The van der Waals surface area contributed by atoms with Crippen LogP contribution in [0.3, 0.4) is 0 Å². The maximum atomic E-state index is 13.5. The Morgan fingerprint density at radius 3 is 2.78 bits per heavy atom. The van der Waals surface area contributed by atoms with Gasteiger partial charge in [-0.1, -0.05) is 6.07 Å². The summed E-state index contributed by atoms with van der Waals surface area (Å²) in [6.07, 6.45) is -0.699. The lowest BCUT2D eigenvalue weighted by Crippen LogP contribution is -2.44. The predicted octanol–water partition coefficient (Wildman–Crippen LogP) is 0.369. The van der Waals surface area contributed by atoms with Crippen molar-refractivity contribution < 1.29 is 18.7 Å². The second-order valence-corrected chi connectivity index (χ2v) is 4.31. The first-order valence-corrected chi connectivity index (χ1v) is 5.62. The molecule has 0 bridgehead atoms. The SMILES string of the molecule is CN(C(=O)c1cccc(F)c1F)[C@H]1CNC[C@@H]1O. The predicted molar refractivity (Wildman–Crippen MR) is 61.1 cm³/mol. The van der Waals surface area contributed by atoms with Gasteiger partial charge in [-0.3, -0.25) is 4.79 Å². The van der Waals surface area contributed by atoms with E-state index in [9.17, 15) is 18.7 Å². The third kappa shape index (κ3) is 2.21. The van der Waals surface area contributed by atoms with E-state index in [1.807, 2.05) is 0 Å². The second kappa shape index (κ2) is 4.99. The summed E-state index contributed by atoms with van der Waals surface area (Å²) in [6, 6.07) is 3.03. The number of nitrogens with one attached hydrogen (secondary N) is 1. The van der Waals surface area contributed by atoms with Gasteiger partial charge in [0.2, 0.25) is 0 Å². The average molecular weight is 256 g/mol. The van der Waals surface area contributed by atoms with Crippen LogP contribution in [-0.4, -0.2) is 48.2 Å². The Morgan fingerprint density at radius 2 is 2.17 bits per heavy atom. The lowest BCUT2D eigenvalue weighted by atomic mass is 10.1. The molecule has 1 fully saturated rings. The van der Waals surface area contributed by atoms with Crippen LogP contribution in [0.5, 0.6) is 0 Å². The van der Waals surface area contributed by atoms with Crippen molar-refractivity contribution in [2.24, 2.45) is 0 Å². The van der Waals surface area contributed by atoms with Crippen LogP contribution in [0.2, 0.25) is 0 Å². The monoisotopic (exact) mass is 256 g/mol. The van der Waals surface area contributed by atoms with Crippen molar-refractivity contribution in [3.05, 3.63) is 35.4 Å². The van der Waals surface area contributed by atoms with Gasteiger partial charge in [-0.15, -0.1) is 0 Å². The number of β-amino-alcohol motifs (C(OH)–C–C–N with tert-alkyl or cyclic N) is 1. The van der Waals surface area contributed by atoms with Gasteiger partial charge in [0.1, 0.15) is 0 Å². The molecule has 1 amide bonds. The van der Waals surface area contributed by atoms with Crippen LogP contribution in [0.25, 0.3) is 0 Å². The fourth-order valence-corrected chi connectivity index (χ4v) is 2.06. The average Bonchev–Trinajstić information content (AvgIpc) is 2.77. The number of hydrogen-bond donors (Lipinski definition) is 2. The number of benzene rings is 1. The third-order valence-corrected chi connectivity index (χ3v) is 3.15. The number of carbonyl (C=O) groups excluding carboxylic acids is 1. The first-order valence-electron chi connectivity index (χ1n) is 5.62. The summed E-state index contributed by atoms with van der Waals surface area (Å²) >= 11 is 0. The van der Waals surface area contributed by atoms with E-state index in [4.69, 9.17) is 0 Å². The molecule has 98 valence electrons. The topological polar surface area (TPSA) is 52.6 Å². The summed E-state index contributed by atoms with van der Waals surface area (Å²) in [5.41, 5.74) is -0.323. The van der Waals surface area contributed by atoms with E-state index in [0.29, 0.717) is 13.1 Å². The molecule has 2 N–H and O–H groups in total. The molecule has 1 aliphatic rings. The van der Waals surface area contributed by atoms with Crippen molar-refractivity contribution in [2.45, 2.75) is 12.1 Å². The molecule has 0 radical (unpaired) electrons. The fourth-order valence-electron chi connectivity index (χ4n) is 2.06. The third-order valence-electron chi connectivity index (χ3n) is 3.15. The van der Waals surface area contributed by atoms with Crippen LogP contribution in [-0.2, 0) is 0 Å². The summed E-state index contributed by atoms with van der Waals surface area (Å²) in [5.74, 6) is -2.85. The number of halogens is 2. The molecule has 1 heterocycles. The van der Waals surface area contributed by atoms with Crippen molar-refractivity contribution in [1.29, 1.82) is 0 Å². The maximum Gasteiger partial charge on any atom is 0.257 e. The zero-order valence-corrected chi connectivity index (χ0v) is 9.86. The largest absolute Gasteiger partial charge is 0.390 e. The standard InChI is InChI=1S/C12H14F2N2O2/c1-16(9-5-15-6-10(9)17)12(18)7-3-2-4-8(13)11(7)14/h2-4,9-10,15,17H,5-6H2,1H3/t9-,10-/m0/s1. The maximum absolute atomic E-state index is 13.5. The lowest BCUT2D eigenvalue weighted by Gasteiger charge is -2.26. The molecule has 0 spiro atoms. The van der Waals surface area contributed by atoms with E-state index in [2.05, 4.69) is 5.32 Å². The molecule has 0 aliphatic carbocycles. The lowest BCUT2D eigenvalue weighted by molar-refractivity contribution is 0.0576. The zero-order chi connectivity index (χ0) is 13.3. The van der Waals surface area contributed by atoms with E-state index in [-0.39, 0.29) is 5.56 Å². The van der Waals surface area contributed by atoms with Crippen LogP contribution >= 0.6 is 0 Å². The molecule has 1 aliphatic heterocycles. The van der Waals surface area contributed by atoms with E-state index in [0.717, 1.165) is 6.07 Å². The normalized spacial score (nSPS) is 23.1.